The first kappa shape index (κ1) is 15.5. The number of rotatable bonds is 8. The second-order valence-corrected chi connectivity index (χ2v) is 4.49. The van der Waals surface area contributed by atoms with Crippen molar-refractivity contribution in [2.75, 3.05) is 37.3 Å². The molecule has 106 valence electrons. The molecule has 0 aliphatic rings. The molecule has 0 saturated heterocycles. The van der Waals surface area contributed by atoms with Crippen LogP contribution < -0.4 is 11.1 Å². The zero-order chi connectivity index (χ0) is 14.1. The molecule has 0 aliphatic carbocycles. The van der Waals surface area contributed by atoms with E-state index in [4.69, 9.17) is 10.8 Å². The molecular formula is C14H23N3O2. The van der Waals surface area contributed by atoms with Crippen molar-refractivity contribution in [2.24, 2.45) is 0 Å². The van der Waals surface area contributed by atoms with Gasteiger partial charge in [0, 0.05) is 30.9 Å². The van der Waals surface area contributed by atoms with E-state index in [9.17, 15) is 4.79 Å². The molecule has 19 heavy (non-hydrogen) atoms. The monoisotopic (exact) mass is 265 g/mol. The van der Waals surface area contributed by atoms with Gasteiger partial charge in [-0.3, -0.25) is 4.79 Å². The molecule has 5 heteroatoms. The van der Waals surface area contributed by atoms with Crippen LogP contribution in [0.15, 0.2) is 24.3 Å². The van der Waals surface area contributed by atoms with Crippen LogP contribution in [0.2, 0.25) is 0 Å². The lowest BCUT2D eigenvalue weighted by molar-refractivity contribution is -0.116. The van der Waals surface area contributed by atoms with Crippen LogP contribution in [-0.4, -0.2) is 42.2 Å². The Morgan fingerprint density at radius 1 is 1.37 bits per heavy atom. The number of nitrogens with two attached hydrogens (primary N) is 1. The molecule has 0 saturated carbocycles. The minimum absolute atomic E-state index is 0.0374. The number of carbonyl (C=O) groups excluding carboxylic acids is 1. The number of hydrogen-bond acceptors (Lipinski definition) is 4. The predicted molar refractivity (Wildman–Crippen MR) is 77.9 cm³/mol. The molecule has 5 nitrogen and oxygen atoms in total. The van der Waals surface area contributed by atoms with Crippen molar-refractivity contribution in [2.45, 2.75) is 19.8 Å². The fraction of sp³-hybridized carbons (Fsp3) is 0.500. The molecular weight excluding hydrogens is 242 g/mol. The average Bonchev–Trinajstić information content (AvgIpc) is 2.36. The van der Waals surface area contributed by atoms with Gasteiger partial charge < -0.3 is 21.1 Å². The molecule has 0 atom stereocenters. The van der Waals surface area contributed by atoms with E-state index in [2.05, 4.69) is 17.1 Å². The number of carbonyl (C=O) groups is 1. The van der Waals surface area contributed by atoms with E-state index in [1.165, 1.54) is 0 Å². The summed E-state index contributed by atoms with van der Waals surface area (Å²) in [7, 11) is 0. The maximum absolute atomic E-state index is 11.8. The van der Waals surface area contributed by atoms with Crippen LogP contribution in [0, 0.1) is 0 Å². The maximum atomic E-state index is 11.8. The summed E-state index contributed by atoms with van der Waals surface area (Å²) in [6.45, 7) is 4.36. The smallest absolute Gasteiger partial charge is 0.225 e. The SMILES string of the molecule is CCCN(CCO)CCC(=O)Nc1cccc(N)c1. The highest BCUT2D eigenvalue weighted by Gasteiger charge is 2.07. The highest BCUT2D eigenvalue weighted by molar-refractivity contribution is 5.91. The number of hydrogen-bond donors (Lipinski definition) is 3. The summed E-state index contributed by atoms with van der Waals surface area (Å²) in [6.07, 6.45) is 1.42. The predicted octanol–water partition coefficient (Wildman–Crippen LogP) is 1.30. The van der Waals surface area contributed by atoms with Crippen LogP contribution in [0.3, 0.4) is 0 Å². The van der Waals surface area contributed by atoms with Gasteiger partial charge in [0.05, 0.1) is 6.61 Å². The molecule has 1 aromatic carbocycles. The summed E-state index contributed by atoms with van der Waals surface area (Å²) < 4.78 is 0. The first-order valence-corrected chi connectivity index (χ1v) is 6.64. The molecule has 1 amide bonds. The molecule has 4 N–H and O–H groups in total. The van der Waals surface area contributed by atoms with E-state index in [1.54, 1.807) is 18.2 Å². The molecule has 0 aromatic heterocycles. The number of nitrogens with zero attached hydrogens (tertiary/aromatic N) is 1. The van der Waals surface area contributed by atoms with E-state index < -0.39 is 0 Å². The lowest BCUT2D eigenvalue weighted by atomic mass is 10.2. The van der Waals surface area contributed by atoms with Crippen LogP contribution >= 0.6 is 0 Å². The topological polar surface area (TPSA) is 78.6 Å². The lowest BCUT2D eigenvalue weighted by Gasteiger charge is -2.20. The minimum Gasteiger partial charge on any atom is -0.399 e. The normalized spacial score (nSPS) is 10.7. The molecule has 0 fully saturated rings. The first-order chi connectivity index (χ1) is 9.15. The second kappa shape index (κ2) is 8.50. The molecule has 1 rings (SSSR count). The number of aliphatic hydroxyl groups is 1. The fourth-order valence-electron chi connectivity index (χ4n) is 1.89. The van der Waals surface area contributed by atoms with Gasteiger partial charge in [0.1, 0.15) is 0 Å². The number of nitrogen functional groups attached to an aromatic ring is 1. The minimum atomic E-state index is -0.0374. The second-order valence-electron chi connectivity index (χ2n) is 4.49. The summed E-state index contributed by atoms with van der Waals surface area (Å²) in [4.78, 5) is 13.9. The molecule has 0 spiro atoms. The van der Waals surface area contributed by atoms with Gasteiger partial charge in [-0.25, -0.2) is 0 Å². The first-order valence-electron chi connectivity index (χ1n) is 6.64. The standard InChI is InChI=1S/C14H23N3O2/c1-2-7-17(9-10-18)8-6-14(19)16-13-5-3-4-12(15)11-13/h3-5,11,18H,2,6-10,15H2,1H3,(H,16,19). The number of anilines is 2. The molecule has 0 radical (unpaired) electrons. The average molecular weight is 265 g/mol. The number of aliphatic hydroxyl groups excluding tert-OH is 1. The summed E-state index contributed by atoms with van der Waals surface area (Å²) in [5.74, 6) is -0.0374. The van der Waals surface area contributed by atoms with E-state index in [-0.39, 0.29) is 12.5 Å². The van der Waals surface area contributed by atoms with Crippen LogP contribution in [0.4, 0.5) is 11.4 Å². The highest BCUT2D eigenvalue weighted by Crippen LogP contribution is 2.11. The van der Waals surface area contributed by atoms with E-state index >= 15 is 0 Å². The third-order valence-corrected chi connectivity index (χ3v) is 2.78. The third-order valence-electron chi connectivity index (χ3n) is 2.78. The van der Waals surface area contributed by atoms with Crippen LogP contribution in [0.25, 0.3) is 0 Å². The van der Waals surface area contributed by atoms with Crippen molar-refractivity contribution in [3.05, 3.63) is 24.3 Å². The summed E-state index contributed by atoms with van der Waals surface area (Å²) in [5.41, 5.74) is 7.00. The Labute approximate surface area is 114 Å². The summed E-state index contributed by atoms with van der Waals surface area (Å²) >= 11 is 0. The number of nitrogens with one attached hydrogen (secondary N) is 1. The van der Waals surface area contributed by atoms with Gasteiger partial charge >= 0.3 is 0 Å². The van der Waals surface area contributed by atoms with Crippen molar-refractivity contribution >= 4 is 17.3 Å². The van der Waals surface area contributed by atoms with Gasteiger partial charge in [-0.2, -0.15) is 0 Å². The lowest BCUT2D eigenvalue weighted by Crippen LogP contribution is -2.31. The Bertz CT molecular complexity index is 390. The number of benzene rings is 1. The highest BCUT2D eigenvalue weighted by atomic mass is 16.3. The van der Waals surface area contributed by atoms with Crippen molar-refractivity contribution in [1.82, 2.24) is 4.90 Å². The summed E-state index contributed by atoms with van der Waals surface area (Å²) in [5, 5.41) is 11.8. The van der Waals surface area contributed by atoms with Gasteiger partial charge in [-0.1, -0.05) is 13.0 Å². The van der Waals surface area contributed by atoms with Gasteiger partial charge in [0.15, 0.2) is 0 Å². The van der Waals surface area contributed by atoms with Crippen molar-refractivity contribution in [3.63, 3.8) is 0 Å². The van der Waals surface area contributed by atoms with Crippen LogP contribution in [0.1, 0.15) is 19.8 Å². The molecule has 0 aliphatic heterocycles. The Morgan fingerprint density at radius 2 is 2.16 bits per heavy atom. The fourth-order valence-corrected chi connectivity index (χ4v) is 1.89. The van der Waals surface area contributed by atoms with Crippen LogP contribution in [0.5, 0.6) is 0 Å². The van der Waals surface area contributed by atoms with Crippen molar-refractivity contribution in [1.29, 1.82) is 0 Å². The third kappa shape index (κ3) is 6.22. The zero-order valence-corrected chi connectivity index (χ0v) is 11.4. The molecule has 0 bridgehead atoms. The van der Waals surface area contributed by atoms with E-state index in [0.717, 1.165) is 13.0 Å². The Hall–Kier alpha value is -1.59. The molecule has 0 heterocycles. The van der Waals surface area contributed by atoms with Gasteiger partial charge in [-0.05, 0) is 31.2 Å². The Morgan fingerprint density at radius 3 is 2.79 bits per heavy atom. The van der Waals surface area contributed by atoms with Gasteiger partial charge in [0.25, 0.3) is 0 Å². The largest absolute Gasteiger partial charge is 0.399 e. The van der Waals surface area contributed by atoms with Gasteiger partial charge in [-0.15, -0.1) is 0 Å². The maximum Gasteiger partial charge on any atom is 0.225 e. The Balaban J connectivity index is 2.38. The quantitative estimate of drug-likeness (QED) is 0.619. The van der Waals surface area contributed by atoms with Gasteiger partial charge in [0.2, 0.25) is 5.91 Å². The van der Waals surface area contributed by atoms with Crippen molar-refractivity contribution in [3.8, 4) is 0 Å². The Kier molecular flexibility index (Phi) is 6.92. The van der Waals surface area contributed by atoms with E-state index in [1.807, 2.05) is 6.07 Å². The zero-order valence-electron chi connectivity index (χ0n) is 11.4. The van der Waals surface area contributed by atoms with Crippen molar-refractivity contribution < 1.29 is 9.90 Å². The summed E-state index contributed by atoms with van der Waals surface area (Å²) in [6, 6.07) is 7.13. The van der Waals surface area contributed by atoms with E-state index in [0.29, 0.717) is 30.9 Å². The molecule has 0 unspecified atom stereocenters. The molecule has 1 aromatic rings. The van der Waals surface area contributed by atoms with Crippen LogP contribution in [-0.2, 0) is 4.79 Å². The number of amides is 1.